The lowest BCUT2D eigenvalue weighted by Crippen LogP contribution is -2.30. The van der Waals surface area contributed by atoms with Crippen LogP contribution in [-0.4, -0.2) is 40.6 Å². The number of likely N-dealkylation sites (tertiary alicyclic amines) is 1. The number of nitrogens with two attached hydrogens (primary N) is 1. The van der Waals surface area contributed by atoms with Crippen LogP contribution in [0.4, 0.5) is 0 Å². The van der Waals surface area contributed by atoms with E-state index in [-0.39, 0.29) is 5.91 Å². The minimum atomic E-state index is 0.00315. The van der Waals surface area contributed by atoms with Crippen molar-refractivity contribution < 1.29 is 4.79 Å². The number of amides is 1. The van der Waals surface area contributed by atoms with E-state index in [1.165, 1.54) is 0 Å². The van der Waals surface area contributed by atoms with E-state index in [9.17, 15) is 4.79 Å². The number of aromatic nitrogens is 2. The van der Waals surface area contributed by atoms with Gasteiger partial charge in [-0.05, 0) is 24.9 Å². The van der Waals surface area contributed by atoms with Crippen molar-refractivity contribution in [2.24, 2.45) is 11.7 Å². The van der Waals surface area contributed by atoms with Crippen molar-refractivity contribution in [3.63, 3.8) is 0 Å². The van der Waals surface area contributed by atoms with Gasteiger partial charge in [0, 0.05) is 18.5 Å². The average molecular weight is 244 g/mol. The van der Waals surface area contributed by atoms with Gasteiger partial charge in [0.25, 0.3) is 5.91 Å². The van der Waals surface area contributed by atoms with Gasteiger partial charge in [-0.3, -0.25) is 9.89 Å². The normalized spacial score (nSPS) is 19.6. The number of nitrogens with zero attached hydrogens (tertiary/aromatic N) is 2. The third-order valence-corrected chi connectivity index (χ3v) is 3.58. The molecule has 1 fully saturated rings. The molecule has 2 aromatic rings. The minimum absolute atomic E-state index is 0.00315. The van der Waals surface area contributed by atoms with Crippen molar-refractivity contribution in [2.75, 3.05) is 19.6 Å². The smallest absolute Gasteiger partial charge is 0.275 e. The first-order valence-corrected chi connectivity index (χ1v) is 6.22. The van der Waals surface area contributed by atoms with Gasteiger partial charge >= 0.3 is 0 Å². The molecule has 1 unspecified atom stereocenters. The fourth-order valence-corrected chi connectivity index (χ4v) is 2.49. The summed E-state index contributed by atoms with van der Waals surface area (Å²) >= 11 is 0. The van der Waals surface area contributed by atoms with E-state index in [0.717, 1.165) is 30.4 Å². The summed E-state index contributed by atoms with van der Waals surface area (Å²) in [5.74, 6) is 0.433. The summed E-state index contributed by atoms with van der Waals surface area (Å²) in [6.45, 7) is 2.17. The Balaban J connectivity index is 1.89. The predicted molar refractivity (Wildman–Crippen MR) is 69.2 cm³/mol. The Kier molecular flexibility index (Phi) is 2.76. The number of fused-ring (bicyclic) bond motifs is 1. The molecule has 3 rings (SSSR count). The van der Waals surface area contributed by atoms with Crippen LogP contribution in [0.5, 0.6) is 0 Å². The van der Waals surface area contributed by atoms with Gasteiger partial charge in [-0.2, -0.15) is 5.10 Å². The van der Waals surface area contributed by atoms with Gasteiger partial charge in [0.2, 0.25) is 0 Å². The SMILES string of the molecule is NCC1CCN(C(=O)c2n[nH]c3ccccc23)C1. The molecule has 18 heavy (non-hydrogen) atoms. The summed E-state index contributed by atoms with van der Waals surface area (Å²) in [7, 11) is 0. The summed E-state index contributed by atoms with van der Waals surface area (Å²) in [6.07, 6.45) is 0.991. The highest BCUT2D eigenvalue weighted by Gasteiger charge is 2.28. The molecule has 0 aliphatic carbocycles. The fraction of sp³-hybridized carbons (Fsp3) is 0.385. The van der Waals surface area contributed by atoms with Crippen molar-refractivity contribution in [1.82, 2.24) is 15.1 Å². The lowest BCUT2D eigenvalue weighted by molar-refractivity contribution is 0.0783. The Morgan fingerprint density at radius 1 is 1.50 bits per heavy atom. The molecule has 0 spiro atoms. The zero-order valence-corrected chi connectivity index (χ0v) is 10.1. The second-order valence-corrected chi connectivity index (χ2v) is 4.76. The van der Waals surface area contributed by atoms with E-state index in [4.69, 9.17) is 5.73 Å². The molecule has 5 heteroatoms. The van der Waals surface area contributed by atoms with Crippen LogP contribution < -0.4 is 5.73 Å². The summed E-state index contributed by atoms with van der Waals surface area (Å²) < 4.78 is 0. The first-order chi connectivity index (χ1) is 8.79. The molecule has 1 saturated heterocycles. The number of rotatable bonds is 2. The highest BCUT2D eigenvalue weighted by Crippen LogP contribution is 2.21. The highest BCUT2D eigenvalue weighted by atomic mass is 16.2. The van der Waals surface area contributed by atoms with Gasteiger partial charge in [0.15, 0.2) is 5.69 Å². The molecule has 3 N–H and O–H groups in total. The molecule has 94 valence electrons. The van der Waals surface area contributed by atoms with E-state index in [0.29, 0.717) is 18.2 Å². The number of aromatic amines is 1. The van der Waals surface area contributed by atoms with Crippen LogP contribution in [-0.2, 0) is 0 Å². The van der Waals surface area contributed by atoms with Crippen molar-refractivity contribution >= 4 is 16.8 Å². The zero-order valence-electron chi connectivity index (χ0n) is 10.1. The second kappa shape index (κ2) is 4.42. The van der Waals surface area contributed by atoms with Crippen LogP contribution in [0.1, 0.15) is 16.9 Å². The maximum atomic E-state index is 12.4. The monoisotopic (exact) mass is 244 g/mol. The Hall–Kier alpha value is -1.88. The standard InChI is InChI=1S/C13H16N4O/c14-7-9-5-6-17(8-9)13(18)12-10-3-1-2-4-11(10)15-16-12/h1-4,9H,5-8,14H2,(H,15,16). The number of H-pyrrole nitrogens is 1. The van der Waals surface area contributed by atoms with E-state index in [2.05, 4.69) is 10.2 Å². The minimum Gasteiger partial charge on any atom is -0.337 e. The molecule has 1 aromatic heterocycles. The van der Waals surface area contributed by atoms with Crippen LogP contribution in [0, 0.1) is 5.92 Å². The van der Waals surface area contributed by atoms with Gasteiger partial charge in [0.05, 0.1) is 5.52 Å². The molecule has 1 aliphatic rings. The number of hydrogen-bond donors (Lipinski definition) is 2. The number of carbonyl (C=O) groups excluding carboxylic acids is 1. The van der Waals surface area contributed by atoms with Crippen LogP contribution in [0.25, 0.3) is 10.9 Å². The van der Waals surface area contributed by atoms with Crippen molar-refractivity contribution in [3.8, 4) is 0 Å². The number of benzene rings is 1. The van der Waals surface area contributed by atoms with Gasteiger partial charge in [-0.1, -0.05) is 18.2 Å². The molecular formula is C13H16N4O. The molecule has 2 heterocycles. The summed E-state index contributed by atoms with van der Waals surface area (Å²) in [5.41, 5.74) is 7.06. The quantitative estimate of drug-likeness (QED) is 0.827. The van der Waals surface area contributed by atoms with Crippen molar-refractivity contribution in [3.05, 3.63) is 30.0 Å². The number of carbonyl (C=O) groups is 1. The number of hydrogen-bond acceptors (Lipinski definition) is 3. The van der Waals surface area contributed by atoms with Crippen molar-refractivity contribution in [1.29, 1.82) is 0 Å². The maximum absolute atomic E-state index is 12.4. The molecule has 0 bridgehead atoms. The van der Waals surface area contributed by atoms with E-state index >= 15 is 0 Å². The second-order valence-electron chi connectivity index (χ2n) is 4.76. The lowest BCUT2D eigenvalue weighted by Gasteiger charge is -2.14. The first-order valence-electron chi connectivity index (χ1n) is 6.22. The van der Waals surface area contributed by atoms with Gasteiger partial charge in [0.1, 0.15) is 0 Å². The van der Waals surface area contributed by atoms with Gasteiger partial charge < -0.3 is 10.6 Å². The van der Waals surface area contributed by atoms with Crippen molar-refractivity contribution in [2.45, 2.75) is 6.42 Å². The molecule has 0 saturated carbocycles. The number of para-hydroxylation sites is 1. The Morgan fingerprint density at radius 3 is 3.11 bits per heavy atom. The molecule has 0 radical (unpaired) electrons. The fourth-order valence-electron chi connectivity index (χ4n) is 2.49. The van der Waals surface area contributed by atoms with Crippen LogP contribution in [0.15, 0.2) is 24.3 Å². The topological polar surface area (TPSA) is 75.0 Å². The third-order valence-electron chi connectivity index (χ3n) is 3.58. The third kappa shape index (κ3) is 1.76. The average Bonchev–Trinajstić information content (AvgIpc) is 3.04. The largest absolute Gasteiger partial charge is 0.337 e. The van der Waals surface area contributed by atoms with Gasteiger partial charge in [-0.15, -0.1) is 0 Å². The molecule has 5 nitrogen and oxygen atoms in total. The Labute approximate surface area is 105 Å². The zero-order chi connectivity index (χ0) is 12.5. The van der Waals surface area contributed by atoms with Gasteiger partial charge in [-0.25, -0.2) is 0 Å². The van der Waals surface area contributed by atoms with E-state index in [1.807, 2.05) is 29.2 Å². The van der Waals surface area contributed by atoms with E-state index < -0.39 is 0 Å². The molecule has 1 aliphatic heterocycles. The van der Waals surface area contributed by atoms with Crippen LogP contribution >= 0.6 is 0 Å². The molecule has 1 aromatic carbocycles. The molecule has 1 amide bonds. The Bertz CT molecular complexity index is 577. The number of nitrogens with one attached hydrogen (secondary N) is 1. The Morgan fingerprint density at radius 2 is 2.33 bits per heavy atom. The predicted octanol–water partition coefficient (Wildman–Crippen LogP) is 0.984. The van der Waals surface area contributed by atoms with Crippen LogP contribution in [0.2, 0.25) is 0 Å². The van der Waals surface area contributed by atoms with E-state index in [1.54, 1.807) is 0 Å². The molecular weight excluding hydrogens is 228 g/mol. The van der Waals surface area contributed by atoms with Crippen LogP contribution in [0.3, 0.4) is 0 Å². The summed E-state index contributed by atoms with van der Waals surface area (Å²) in [6, 6.07) is 7.69. The first kappa shape index (κ1) is 11.2. The summed E-state index contributed by atoms with van der Waals surface area (Å²) in [4.78, 5) is 14.2. The maximum Gasteiger partial charge on any atom is 0.275 e. The molecule has 1 atom stereocenters. The highest BCUT2D eigenvalue weighted by molar-refractivity contribution is 6.04. The summed E-state index contributed by atoms with van der Waals surface area (Å²) in [5, 5.41) is 7.93. The lowest BCUT2D eigenvalue weighted by atomic mass is 10.1.